The largest absolute Gasteiger partial charge is 0.491 e. The maximum atomic E-state index is 13.2. The van der Waals surface area contributed by atoms with Gasteiger partial charge in [-0.2, -0.15) is 0 Å². The first-order valence-electron chi connectivity index (χ1n) is 6.21. The minimum atomic E-state index is -3.12. The second-order valence-electron chi connectivity index (χ2n) is 4.00. The van der Waals surface area contributed by atoms with Gasteiger partial charge in [-0.3, -0.25) is 0 Å². The van der Waals surface area contributed by atoms with Gasteiger partial charge in [0, 0.05) is 18.2 Å². The highest BCUT2D eigenvalue weighted by atomic mass is 32.2. The van der Waals surface area contributed by atoms with Crippen LogP contribution in [0.4, 0.5) is 4.39 Å². The van der Waals surface area contributed by atoms with E-state index in [1.54, 1.807) is 6.92 Å². The van der Waals surface area contributed by atoms with Gasteiger partial charge in [-0.05, 0) is 12.1 Å². The van der Waals surface area contributed by atoms with Crippen molar-refractivity contribution in [1.82, 2.24) is 0 Å². The van der Waals surface area contributed by atoms with E-state index < -0.39 is 15.7 Å². The Kier molecular flexibility index (Phi) is 6.49. The summed E-state index contributed by atoms with van der Waals surface area (Å²) in [6.45, 7) is 1.46. The molecule has 1 aromatic carbocycles. The molecule has 0 unspecified atom stereocenters. The van der Waals surface area contributed by atoms with Crippen molar-refractivity contribution < 1.29 is 22.7 Å². The molecule has 0 spiro atoms. The van der Waals surface area contributed by atoms with Crippen molar-refractivity contribution in [2.24, 2.45) is 0 Å². The summed E-state index contributed by atoms with van der Waals surface area (Å²) in [5.41, 5.74) is 0.466. The number of hydrogen-bond donors (Lipinski definition) is 1. The summed E-state index contributed by atoms with van der Waals surface area (Å²) in [6, 6.07) is 3.88. The Labute approximate surface area is 118 Å². The van der Waals surface area contributed by atoms with Crippen molar-refractivity contribution in [2.75, 3.05) is 24.7 Å². The SMILES string of the molecule is CCS(=O)(=O)CCOc1cc(F)ccc1C#CCCO. The molecule has 0 fully saturated rings. The first kappa shape index (κ1) is 16.5. The summed E-state index contributed by atoms with van der Waals surface area (Å²) in [5, 5.41) is 8.66. The molecule has 0 amide bonds. The Balaban J connectivity index is 2.78. The van der Waals surface area contributed by atoms with Crippen LogP contribution in [0.1, 0.15) is 18.9 Å². The predicted molar refractivity (Wildman–Crippen MR) is 74.8 cm³/mol. The Hall–Kier alpha value is -1.58. The molecule has 20 heavy (non-hydrogen) atoms. The van der Waals surface area contributed by atoms with Crippen LogP contribution in [-0.4, -0.2) is 38.2 Å². The Bertz CT molecular complexity index is 599. The fourth-order valence-electron chi connectivity index (χ4n) is 1.36. The van der Waals surface area contributed by atoms with Crippen molar-refractivity contribution in [3.8, 4) is 17.6 Å². The molecule has 0 aromatic heterocycles. The summed E-state index contributed by atoms with van der Waals surface area (Å²) in [7, 11) is -3.12. The van der Waals surface area contributed by atoms with Crippen molar-refractivity contribution in [3.05, 3.63) is 29.6 Å². The van der Waals surface area contributed by atoms with Gasteiger partial charge in [-0.15, -0.1) is 0 Å². The monoisotopic (exact) mass is 300 g/mol. The zero-order valence-electron chi connectivity index (χ0n) is 11.2. The van der Waals surface area contributed by atoms with Crippen molar-refractivity contribution >= 4 is 9.84 Å². The zero-order chi connectivity index (χ0) is 15.0. The van der Waals surface area contributed by atoms with E-state index in [-0.39, 0.29) is 30.5 Å². The van der Waals surface area contributed by atoms with Crippen molar-refractivity contribution in [2.45, 2.75) is 13.3 Å². The fraction of sp³-hybridized carbons (Fsp3) is 0.429. The Morgan fingerprint density at radius 2 is 2.15 bits per heavy atom. The topological polar surface area (TPSA) is 63.6 Å². The van der Waals surface area contributed by atoms with E-state index in [1.807, 2.05) is 0 Å². The third kappa shape index (κ3) is 5.59. The third-order valence-electron chi connectivity index (χ3n) is 2.50. The van der Waals surface area contributed by atoms with Gasteiger partial charge < -0.3 is 9.84 Å². The fourth-order valence-corrected chi connectivity index (χ4v) is 1.98. The van der Waals surface area contributed by atoms with Gasteiger partial charge in [0.1, 0.15) is 18.2 Å². The highest BCUT2D eigenvalue weighted by Crippen LogP contribution is 2.19. The Morgan fingerprint density at radius 3 is 2.80 bits per heavy atom. The number of aliphatic hydroxyl groups is 1. The lowest BCUT2D eigenvalue weighted by atomic mass is 10.2. The van der Waals surface area contributed by atoms with Gasteiger partial charge in [-0.25, -0.2) is 12.8 Å². The number of halogens is 1. The number of rotatable bonds is 6. The van der Waals surface area contributed by atoms with Crippen LogP contribution in [-0.2, 0) is 9.84 Å². The molecule has 6 heteroatoms. The normalized spacial score (nSPS) is 10.8. The molecule has 0 heterocycles. The third-order valence-corrected chi connectivity index (χ3v) is 4.16. The van der Waals surface area contributed by atoms with Gasteiger partial charge in [0.25, 0.3) is 0 Å². The van der Waals surface area contributed by atoms with Crippen LogP contribution in [0.5, 0.6) is 5.75 Å². The van der Waals surface area contributed by atoms with E-state index in [0.29, 0.717) is 12.0 Å². The average Bonchev–Trinajstić information content (AvgIpc) is 2.41. The molecule has 4 nitrogen and oxygen atoms in total. The second-order valence-corrected chi connectivity index (χ2v) is 6.47. The van der Waals surface area contributed by atoms with Gasteiger partial charge in [-0.1, -0.05) is 18.8 Å². The molecule has 0 aliphatic heterocycles. The molecule has 0 saturated heterocycles. The predicted octanol–water partition coefficient (Wildman–Crippen LogP) is 1.37. The minimum absolute atomic E-state index is 0.0443. The van der Waals surface area contributed by atoms with Crippen LogP contribution < -0.4 is 4.74 Å². The van der Waals surface area contributed by atoms with E-state index in [0.717, 1.165) is 0 Å². The van der Waals surface area contributed by atoms with Gasteiger partial charge in [0.15, 0.2) is 9.84 Å². The van der Waals surface area contributed by atoms with Crippen LogP contribution in [0.2, 0.25) is 0 Å². The highest BCUT2D eigenvalue weighted by Gasteiger charge is 2.09. The molecule has 0 aliphatic carbocycles. The number of sulfone groups is 1. The van der Waals surface area contributed by atoms with Crippen LogP contribution in [0.25, 0.3) is 0 Å². The summed E-state index contributed by atoms with van der Waals surface area (Å²) in [5.74, 6) is 5.11. The van der Waals surface area contributed by atoms with Crippen LogP contribution in [0, 0.1) is 17.7 Å². The highest BCUT2D eigenvalue weighted by molar-refractivity contribution is 7.91. The molecule has 0 radical (unpaired) electrons. The Morgan fingerprint density at radius 1 is 1.40 bits per heavy atom. The molecular formula is C14H17FO4S. The van der Waals surface area contributed by atoms with Gasteiger partial charge >= 0.3 is 0 Å². The van der Waals surface area contributed by atoms with E-state index >= 15 is 0 Å². The molecule has 1 aromatic rings. The summed E-state index contributed by atoms with van der Waals surface area (Å²) < 4.78 is 41.2. The number of aliphatic hydroxyl groups excluding tert-OH is 1. The molecular weight excluding hydrogens is 283 g/mol. The average molecular weight is 300 g/mol. The smallest absolute Gasteiger partial charge is 0.153 e. The standard InChI is InChI=1S/C14H17FO4S/c1-2-20(17,18)10-9-19-14-11-13(15)7-6-12(14)5-3-4-8-16/h6-7,11,16H,2,4,8-10H2,1H3. The maximum absolute atomic E-state index is 13.2. The van der Waals surface area contributed by atoms with E-state index in [1.165, 1.54) is 18.2 Å². The maximum Gasteiger partial charge on any atom is 0.153 e. The van der Waals surface area contributed by atoms with Crippen LogP contribution in [0.15, 0.2) is 18.2 Å². The van der Waals surface area contributed by atoms with E-state index in [2.05, 4.69) is 11.8 Å². The molecule has 0 bridgehead atoms. The molecule has 1 rings (SSSR count). The second kappa shape index (κ2) is 7.88. The number of ether oxygens (including phenoxy) is 1. The van der Waals surface area contributed by atoms with Gasteiger partial charge in [0.2, 0.25) is 0 Å². The van der Waals surface area contributed by atoms with Crippen LogP contribution in [0.3, 0.4) is 0 Å². The first-order chi connectivity index (χ1) is 9.48. The van der Waals surface area contributed by atoms with Gasteiger partial charge in [0.05, 0.1) is 17.9 Å². The van der Waals surface area contributed by atoms with E-state index in [4.69, 9.17) is 9.84 Å². The lowest BCUT2D eigenvalue weighted by molar-refractivity contribution is 0.305. The van der Waals surface area contributed by atoms with Crippen molar-refractivity contribution in [1.29, 1.82) is 0 Å². The quantitative estimate of drug-likeness (QED) is 0.806. The zero-order valence-corrected chi connectivity index (χ0v) is 12.0. The van der Waals surface area contributed by atoms with Crippen LogP contribution >= 0.6 is 0 Å². The first-order valence-corrected chi connectivity index (χ1v) is 8.03. The lowest BCUT2D eigenvalue weighted by Gasteiger charge is -2.08. The minimum Gasteiger partial charge on any atom is -0.491 e. The summed E-state index contributed by atoms with van der Waals surface area (Å²) >= 11 is 0. The molecule has 1 N–H and O–H groups in total. The summed E-state index contributed by atoms with van der Waals surface area (Å²) in [6.07, 6.45) is 0.307. The molecule has 0 aliphatic rings. The van der Waals surface area contributed by atoms with Crippen molar-refractivity contribution in [3.63, 3.8) is 0 Å². The number of benzene rings is 1. The molecule has 110 valence electrons. The lowest BCUT2D eigenvalue weighted by Crippen LogP contribution is -2.16. The molecule has 0 atom stereocenters. The summed E-state index contributed by atoms with van der Waals surface area (Å²) in [4.78, 5) is 0. The molecule has 0 saturated carbocycles. The van der Waals surface area contributed by atoms with E-state index in [9.17, 15) is 12.8 Å². The number of hydrogen-bond acceptors (Lipinski definition) is 4.